The van der Waals surface area contributed by atoms with E-state index in [1.165, 1.54) is 57.8 Å². The molecular formula is C56H95N3O8. The summed E-state index contributed by atoms with van der Waals surface area (Å²) in [6.45, 7) is 12.3. The van der Waals surface area contributed by atoms with Crippen LogP contribution in [-0.4, -0.2) is 99.4 Å². The fraction of sp³-hybridized carbons (Fsp3) is 0.714. The summed E-state index contributed by atoms with van der Waals surface area (Å²) < 4.78 is 22.3. The van der Waals surface area contributed by atoms with Crippen LogP contribution in [0.1, 0.15) is 193 Å². The molecule has 0 spiro atoms. The third kappa shape index (κ3) is 40.8. The highest BCUT2D eigenvalue weighted by atomic mass is 16.5. The highest BCUT2D eigenvalue weighted by Crippen LogP contribution is 2.11. The van der Waals surface area contributed by atoms with E-state index in [-0.39, 0.29) is 36.9 Å². The Hall–Kier alpha value is -3.96. The van der Waals surface area contributed by atoms with E-state index in [2.05, 4.69) is 67.0 Å². The van der Waals surface area contributed by atoms with Gasteiger partial charge in [0.05, 0.1) is 19.8 Å². The van der Waals surface area contributed by atoms with Crippen molar-refractivity contribution < 1.29 is 38.1 Å². The number of rotatable bonds is 46. The SMILES string of the molecule is CCCCC/C=C\CCCOC(=O)CCCN(CCCC(=O)OCCC/C=C\CCCCC)CCCN(CCCC(=O)OCCC/C=C\CCCCC)CCOC(=O)CCc1ccc(N)cc1. The number of anilines is 1. The zero-order chi connectivity index (χ0) is 48.7. The third-order valence-electron chi connectivity index (χ3n) is 11.5. The number of hydrogen-bond donors (Lipinski definition) is 1. The second-order valence-electron chi connectivity index (χ2n) is 17.8. The Balaban J connectivity index is 2.72. The van der Waals surface area contributed by atoms with E-state index >= 15 is 0 Å². The first-order valence-electron chi connectivity index (χ1n) is 26.6. The van der Waals surface area contributed by atoms with Crippen molar-refractivity contribution in [1.82, 2.24) is 9.80 Å². The van der Waals surface area contributed by atoms with Crippen molar-refractivity contribution in [2.75, 3.05) is 71.4 Å². The summed E-state index contributed by atoms with van der Waals surface area (Å²) in [5, 5.41) is 0. The summed E-state index contributed by atoms with van der Waals surface area (Å²) in [5.41, 5.74) is 7.53. The standard InChI is InChI=1S/C56H95N3O8/c1-4-7-10-13-16-19-22-25-47-64-53(60)32-28-41-58(42-29-33-54(61)65-48-26-23-20-17-14-11-8-5-2)44-31-45-59(46-50-67-56(63)40-37-51-35-38-52(57)39-36-51)43-30-34-55(62)66-49-27-24-21-18-15-12-9-6-3/h16-21,35-36,38-39H,4-15,22-34,37,40-50,57H2,1-3H3/b19-16-,20-17-,21-18-. The van der Waals surface area contributed by atoms with Crippen molar-refractivity contribution in [2.45, 2.75) is 194 Å². The lowest BCUT2D eigenvalue weighted by atomic mass is 10.1. The molecule has 67 heavy (non-hydrogen) atoms. The maximum Gasteiger partial charge on any atom is 0.306 e. The van der Waals surface area contributed by atoms with Gasteiger partial charge in [0.1, 0.15) is 6.61 Å². The van der Waals surface area contributed by atoms with E-state index in [0.717, 1.165) is 82.9 Å². The van der Waals surface area contributed by atoms with Gasteiger partial charge >= 0.3 is 23.9 Å². The van der Waals surface area contributed by atoms with Gasteiger partial charge in [-0.15, -0.1) is 0 Å². The molecule has 1 aromatic carbocycles. The molecule has 1 rings (SSSR count). The molecule has 0 saturated heterocycles. The number of nitrogens with two attached hydrogens (primary N) is 1. The second-order valence-corrected chi connectivity index (χ2v) is 17.8. The molecule has 0 aliphatic rings. The number of aryl methyl sites for hydroxylation is 1. The molecule has 0 unspecified atom stereocenters. The number of hydrogen-bond acceptors (Lipinski definition) is 11. The molecule has 0 radical (unpaired) electrons. The molecule has 382 valence electrons. The lowest BCUT2D eigenvalue weighted by molar-refractivity contribution is -0.145. The number of esters is 4. The average Bonchev–Trinajstić information content (AvgIpc) is 3.32. The van der Waals surface area contributed by atoms with Crippen LogP contribution in [0.3, 0.4) is 0 Å². The summed E-state index contributed by atoms with van der Waals surface area (Å²) in [7, 11) is 0. The lowest BCUT2D eigenvalue weighted by Gasteiger charge is -2.26. The van der Waals surface area contributed by atoms with E-state index in [9.17, 15) is 19.2 Å². The molecule has 0 aliphatic heterocycles. The molecular weight excluding hydrogens is 843 g/mol. The maximum atomic E-state index is 12.7. The van der Waals surface area contributed by atoms with Gasteiger partial charge in [0.25, 0.3) is 0 Å². The number of ether oxygens (including phenoxy) is 4. The minimum atomic E-state index is -0.247. The number of benzene rings is 1. The van der Waals surface area contributed by atoms with E-state index < -0.39 is 0 Å². The molecule has 0 heterocycles. The molecule has 0 bridgehead atoms. The van der Waals surface area contributed by atoms with Crippen LogP contribution in [-0.2, 0) is 44.5 Å². The van der Waals surface area contributed by atoms with Crippen LogP contribution in [0.2, 0.25) is 0 Å². The Morgan fingerprint density at radius 3 is 1.12 bits per heavy atom. The van der Waals surface area contributed by atoms with Crippen molar-refractivity contribution >= 4 is 29.6 Å². The van der Waals surface area contributed by atoms with Crippen LogP contribution >= 0.6 is 0 Å². The molecule has 0 amide bonds. The Labute approximate surface area is 408 Å². The molecule has 0 atom stereocenters. The second kappa shape index (κ2) is 45.8. The van der Waals surface area contributed by atoms with Gasteiger partial charge in [-0.1, -0.05) is 108 Å². The Kier molecular flexibility index (Phi) is 41.7. The Bertz CT molecular complexity index is 1400. The first-order valence-corrected chi connectivity index (χ1v) is 26.6. The predicted molar refractivity (Wildman–Crippen MR) is 276 cm³/mol. The van der Waals surface area contributed by atoms with Gasteiger partial charge in [-0.2, -0.15) is 0 Å². The Morgan fingerprint density at radius 1 is 0.403 bits per heavy atom. The van der Waals surface area contributed by atoms with Gasteiger partial charge in [-0.05, 0) is 160 Å². The van der Waals surface area contributed by atoms with Crippen LogP contribution < -0.4 is 5.73 Å². The summed E-state index contributed by atoms with van der Waals surface area (Å²) in [6, 6.07) is 7.52. The number of allylic oxidation sites excluding steroid dienone is 6. The van der Waals surface area contributed by atoms with Gasteiger partial charge in [0.2, 0.25) is 0 Å². The highest BCUT2D eigenvalue weighted by Gasteiger charge is 2.14. The lowest BCUT2D eigenvalue weighted by Crippen LogP contribution is -2.34. The van der Waals surface area contributed by atoms with Crippen LogP contribution in [0.5, 0.6) is 0 Å². The van der Waals surface area contributed by atoms with Gasteiger partial charge < -0.3 is 29.6 Å². The van der Waals surface area contributed by atoms with E-state index in [1.807, 2.05) is 24.3 Å². The Morgan fingerprint density at radius 2 is 0.731 bits per heavy atom. The van der Waals surface area contributed by atoms with Crippen LogP contribution in [0.15, 0.2) is 60.7 Å². The fourth-order valence-corrected chi connectivity index (χ4v) is 7.44. The predicted octanol–water partition coefficient (Wildman–Crippen LogP) is 12.5. The van der Waals surface area contributed by atoms with Crippen molar-refractivity contribution in [2.24, 2.45) is 0 Å². The van der Waals surface area contributed by atoms with Crippen molar-refractivity contribution in [3.05, 3.63) is 66.3 Å². The maximum absolute atomic E-state index is 12.7. The van der Waals surface area contributed by atoms with Gasteiger partial charge in [-0.25, -0.2) is 0 Å². The monoisotopic (exact) mass is 938 g/mol. The minimum Gasteiger partial charge on any atom is -0.466 e. The average molecular weight is 938 g/mol. The number of nitrogens with zero attached hydrogens (tertiary/aromatic N) is 2. The van der Waals surface area contributed by atoms with Crippen LogP contribution in [0.4, 0.5) is 5.69 Å². The normalized spacial score (nSPS) is 11.7. The smallest absolute Gasteiger partial charge is 0.306 e. The van der Waals surface area contributed by atoms with E-state index in [0.29, 0.717) is 96.6 Å². The molecule has 11 heteroatoms. The van der Waals surface area contributed by atoms with Gasteiger partial charge in [-0.3, -0.25) is 24.1 Å². The third-order valence-corrected chi connectivity index (χ3v) is 11.5. The van der Waals surface area contributed by atoms with E-state index in [4.69, 9.17) is 24.7 Å². The number of carbonyl (C=O) groups is 4. The molecule has 0 aromatic heterocycles. The minimum absolute atomic E-state index is 0.173. The molecule has 2 N–H and O–H groups in total. The molecule has 0 fully saturated rings. The molecule has 0 saturated carbocycles. The number of nitrogen functional groups attached to an aromatic ring is 1. The summed E-state index contributed by atoms with van der Waals surface area (Å²) in [5.74, 6) is -0.778. The van der Waals surface area contributed by atoms with Crippen molar-refractivity contribution in [3.8, 4) is 0 Å². The number of unbranched alkanes of at least 4 members (excludes halogenated alkanes) is 12. The quantitative estimate of drug-likeness (QED) is 0.0220. The topological polar surface area (TPSA) is 138 Å². The fourth-order valence-electron chi connectivity index (χ4n) is 7.44. The summed E-state index contributed by atoms with van der Waals surface area (Å²) >= 11 is 0. The zero-order valence-corrected chi connectivity index (χ0v) is 42.7. The van der Waals surface area contributed by atoms with Crippen LogP contribution in [0, 0.1) is 0 Å². The number of carbonyl (C=O) groups excluding carboxylic acids is 4. The first-order chi connectivity index (χ1) is 32.8. The summed E-state index contributed by atoms with van der Waals surface area (Å²) in [4.78, 5) is 55.1. The summed E-state index contributed by atoms with van der Waals surface area (Å²) in [6.07, 6.45) is 37.6. The largest absolute Gasteiger partial charge is 0.466 e. The molecule has 1 aromatic rings. The molecule has 11 nitrogen and oxygen atoms in total. The van der Waals surface area contributed by atoms with E-state index in [1.54, 1.807) is 0 Å². The van der Waals surface area contributed by atoms with Gasteiger partial charge in [0, 0.05) is 37.9 Å². The first kappa shape index (κ1) is 61.1. The van der Waals surface area contributed by atoms with Crippen molar-refractivity contribution in [1.29, 1.82) is 0 Å². The zero-order valence-electron chi connectivity index (χ0n) is 42.7. The molecule has 0 aliphatic carbocycles. The van der Waals surface area contributed by atoms with Gasteiger partial charge in [0.15, 0.2) is 0 Å². The van der Waals surface area contributed by atoms with Crippen molar-refractivity contribution in [3.63, 3.8) is 0 Å². The van der Waals surface area contributed by atoms with Crippen LogP contribution in [0.25, 0.3) is 0 Å². The highest BCUT2D eigenvalue weighted by molar-refractivity contribution is 5.70.